The highest BCUT2D eigenvalue weighted by molar-refractivity contribution is 6.60. The van der Waals surface area contributed by atoms with Crippen molar-refractivity contribution in [2.45, 2.75) is 46.3 Å². The van der Waals surface area contributed by atoms with Crippen LogP contribution in [0.4, 0.5) is 0 Å². The molecule has 0 saturated carbocycles. The van der Waals surface area contributed by atoms with Gasteiger partial charge < -0.3 is 18.4 Å². The molecule has 0 aromatic carbocycles. The highest BCUT2D eigenvalue weighted by Gasteiger charge is 2.40. The summed E-state index contributed by atoms with van der Waals surface area (Å²) in [6, 6.07) is 0.437. The van der Waals surface area contributed by atoms with E-state index in [-0.39, 0.29) is 12.2 Å². The average molecular weight is 290 g/mol. The lowest BCUT2D eigenvalue weighted by atomic mass is 10.2. The molecule has 0 heterocycles. The van der Waals surface area contributed by atoms with Crippen molar-refractivity contribution in [2.24, 2.45) is 0 Å². The van der Waals surface area contributed by atoms with Gasteiger partial charge in [-0.3, -0.25) is 4.79 Å². The molecule has 1 N–H and O–H groups in total. The average Bonchev–Trinajstić information content (AvgIpc) is 2.37. The maximum Gasteiger partial charge on any atom is 0.501 e. The van der Waals surface area contributed by atoms with Gasteiger partial charge in [0.2, 0.25) is 0 Å². The predicted octanol–water partition coefficient (Wildman–Crippen LogP) is 1.93. The standard InChI is InChI=1S/C13H26O5Si/c1-5-9-12(14)13(15)10-11-19(16-6-2,17-7-3)18-8-4/h5,9,13,15H,6-8,10-11H2,1-4H3. The minimum absolute atomic E-state index is 0.287. The lowest BCUT2D eigenvalue weighted by molar-refractivity contribution is -0.122. The Balaban J connectivity index is 4.57. The van der Waals surface area contributed by atoms with Crippen LogP contribution in [0.2, 0.25) is 6.04 Å². The van der Waals surface area contributed by atoms with Gasteiger partial charge in [0.1, 0.15) is 6.10 Å². The summed E-state index contributed by atoms with van der Waals surface area (Å²) in [6.07, 6.45) is 2.25. The van der Waals surface area contributed by atoms with Gasteiger partial charge in [0, 0.05) is 25.9 Å². The number of hydrogen-bond donors (Lipinski definition) is 1. The second kappa shape index (κ2) is 10.3. The van der Waals surface area contributed by atoms with E-state index in [1.54, 1.807) is 13.0 Å². The number of ketones is 1. The second-order valence-corrected chi connectivity index (χ2v) is 6.67. The van der Waals surface area contributed by atoms with Crippen LogP contribution in [0.1, 0.15) is 34.1 Å². The molecule has 0 aliphatic rings. The molecule has 1 atom stereocenters. The fraction of sp³-hybridized carbons (Fsp3) is 0.769. The smallest absolute Gasteiger partial charge is 0.385 e. The summed E-state index contributed by atoms with van der Waals surface area (Å²) in [7, 11) is -2.76. The Morgan fingerprint density at radius 1 is 1.16 bits per heavy atom. The third-order valence-electron chi connectivity index (χ3n) is 2.48. The van der Waals surface area contributed by atoms with E-state index in [2.05, 4.69) is 0 Å². The van der Waals surface area contributed by atoms with Crippen LogP contribution in [0.3, 0.4) is 0 Å². The Bertz CT molecular complexity index is 263. The van der Waals surface area contributed by atoms with Gasteiger partial charge in [-0.15, -0.1) is 0 Å². The van der Waals surface area contributed by atoms with Crippen molar-refractivity contribution in [3.63, 3.8) is 0 Å². The predicted molar refractivity (Wildman–Crippen MR) is 75.9 cm³/mol. The van der Waals surface area contributed by atoms with Crippen molar-refractivity contribution in [3.8, 4) is 0 Å². The summed E-state index contributed by atoms with van der Waals surface area (Å²) in [5.41, 5.74) is 0. The highest BCUT2D eigenvalue weighted by Crippen LogP contribution is 2.19. The van der Waals surface area contributed by atoms with Crippen LogP contribution in [-0.4, -0.2) is 45.6 Å². The van der Waals surface area contributed by atoms with Gasteiger partial charge >= 0.3 is 8.80 Å². The van der Waals surface area contributed by atoms with Crippen molar-refractivity contribution >= 4 is 14.6 Å². The van der Waals surface area contributed by atoms with Crippen molar-refractivity contribution in [3.05, 3.63) is 12.2 Å². The van der Waals surface area contributed by atoms with Crippen LogP contribution in [0, 0.1) is 0 Å². The van der Waals surface area contributed by atoms with Crippen LogP contribution < -0.4 is 0 Å². The van der Waals surface area contributed by atoms with E-state index in [1.165, 1.54) is 6.08 Å². The second-order valence-electron chi connectivity index (χ2n) is 3.94. The van der Waals surface area contributed by atoms with E-state index in [9.17, 15) is 9.90 Å². The SMILES string of the molecule is CC=CC(=O)C(O)CC[Si](OCC)(OCC)OCC. The van der Waals surface area contributed by atoms with E-state index >= 15 is 0 Å². The molecule has 112 valence electrons. The van der Waals surface area contributed by atoms with E-state index < -0.39 is 14.9 Å². The molecule has 0 bridgehead atoms. The normalized spacial score (nSPS) is 13.9. The van der Waals surface area contributed by atoms with E-state index in [4.69, 9.17) is 13.3 Å². The summed E-state index contributed by atoms with van der Waals surface area (Å²) in [4.78, 5) is 11.5. The Morgan fingerprint density at radius 3 is 2.00 bits per heavy atom. The summed E-state index contributed by atoms with van der Waals surface area (Å²) in [6.45, 7) is 8.84. The Labute approximate surface area is 116 Å². The number of rotatable bonds is 11. The van der Waals surface area contributed by atoms with Gasteiger partial charge in [0.05, 0.1) is 0 Å². The molecule has 0 aromatic rings. The summed E-state index contributed by atoms with van der Waals surface area (Å²) < 4.78 is 17.0. The monoisotopic (exact) mass is 290 g/mol. The zero-order valence-corrected chi connectivity index (χ0v) is 13.3. The lowest BCUT2D eigenvalue weighted by Gasteiger charge is -2.28. The fourth-order valence-corrected chi connectivity index (χ4v) is 4.36. The molecule has 5 nitrogen and oxygen atoms in total. The molecule has 0 fully saturated rings. The summed E-state index contributed by atoms with van der Waals surface area (Å²) in [5, 5.41) is 9.77. The van der Waals surface area contributed by atoms with Crippen molar-refractivity contribution in [1.29, 1.82) is 0 Å². The number of hydrogen-bond acceptors (Lipinski definition) is 5. The molecule has 19 heavy (non-hydrogen) atoms. The highest BCUT2D eigenvalue weighted by atomic mass is 28.4. The third kappa shape index (κ3) is 6.98. The summed E-state index contributed by atoms with van der Waals surface area (Å²) >= 11 is 0. The molecular formula is C13H26O5Si. The van der Waals surface area contributed by atoms with Crippen molar-refractivity contribution in [2.75, 3.05) is 19.8 Å². The van der Waals surface area contributed by atoms with Gasteiger partial charge in [0.15, 0.2) is 5.78 Å². The Kier molecular flexibility index (Phi) is 9.99. The summed E-state index contributed by atoms with van der Waals surface area (Å²) in [5.74, 6) is -0.296. The molecule has 1 unspecified atom stereocenters. The first-order chi connectivity index (χ1) is 9.05. The maximum absolute atomic E-state index is 11.5. The first-order valence-electron chi connectivity index (χ1n) is 6.81. The molecule has 0 spiro atoms. The van der Waals surface area contributed by atoms with Crippen LogP contribution in [0.5, 0.6) is 0 Å². The molecule has 6 heteroatoms. The van der Waals surface area contributed by atoms with Crippen LogP contribution >= 0.6 is 0 Å². The van der Waals surface area contributed by atoms with Crippen molar-refractivity contribution < 1.29 is 23.2 Å². The number of allylic oxidation sites excluding steroid dienone is 1. The van der Waals surface area contributed by atoms with Crippen LogP contribution in [0.25, 0.3) is 0 Å². The van der Waals surface area contributed by atoms with E-state index in [1.807, 2.05) is 20.8 Å². The van der Waals surface area contributed by atoms with Gasteiger partial charge in [-0.05, 0) is 40.2 Å². The van der Waals surface area contributed by atoms with Crippen LogP contribution in [0.15, 0.2) is 12.2 Å². The number of aliphatic hydroxyl groups excluding tert-OH is 1. The molecule has 0 aliphatic carbocycles. The Morgan fingerprint density at radius 2 is 1.63 bits per heavy atom. The van der Waals surface area contributed by atoms with Crippen LogP contribution in [-0.2, 0) is 18.1 Å². The molecular weight excluding hydrogens is 264 g/mol. The molecule has 0 rings (SSSR count). The molecule has 0 radical (unpaired) electrons. The topological polar surface area (TPSA) is 65.0 Å². The molecule has 0 amide bonds. The van der Waals surface area contributed by atoms with E-state index in [0.29, 0.717) is 25.9 Å². The van der Waals surface area contributed by atoms with Crippen molar-refractivity contribution in [1.82, 2.24) is 0 Å². The largest absolute Gasteiger partial charge is 0.501 e. The Hall–Kier alpha value is -0.533. The molecule has 0 saturated heterocycles. The van der Waals surface area contributed by atoms with Gasteiger partial charge in [-0.25, -0.2) is 0 Å². The van der Waals surface area contributed by atoms with Gasteiger partial charge in [0.25, 0.3) is 0 Å². The minimum atomic E-state index is -2.76. The maximum atomic E-state index is 11.5. The first-order valence-corrected chi connectivity index (χ1v) is 8.74. The zero-order chi connectivity index (χ0) is 14.7. The van der Waals surface area contributed by atoms with Gasteiger partial charge in [-0.2, -0.15) is 0 Å². The number of aliphatic hydroxyl groups is 1. The van der Waals surface area contributed by atoms with E-state index in [0.717, 1.165) is 0 Å². The fourth-order valence-electron chi connectivity index (χ4n) is 1.73. The lowest BCUT2D eigenvalue weighted by Crippen LogP contribution is -2.46. The number of carbonyl (C=O) groups is 1. The molecule has 0 aromatic heterocycles. The minimum Gasteiger partial charge on any atom is -0.385 e. The first kappa shape index (κ1) is 18.5. The third-order valence-corrected chi connectivity index (χ3v) is 5.56. The van der Waals surface area contributed by atoms with Gasteiger partial charge in [-0.1, -0.05) is 6.08 Å². The molecule has 0 aliphatic heterocycles. The number of carbonyl (C=O) groups excluding carboxylic acids is 1. The zero-order valence-electron chi connectivity index (χ0n) is 12.3. The quantitative estimate of drug-likeness (QED) is 0.465.